The maximum absolute atomic E-state index is 5.96. The van der Waals surface area contributed by atoms with E-state index in [0.717, 1.165) is 31.2 Å². The highest BCUT2D eigenvalue weighted by molar-refractivity contribution is 6.30. The van der Waals surface area contributed by atoms with Crippen molar-refractivity contribution >= 4 is 11.6 Å². The minimum absolute atomic E-state index is 0.832. The molecule has 0 bridgehead atoms. The molecule has 2 rings (SSSR count). The van der Waals surface area contributed by atoms with Gasteiger partial charge in [0.1, 0.15) is 0 Å². The van der Waals surface area contributed by atoms with Gasteiger partial charge in [-0.3, -0.25) is 4.90 Å². The second-order valence-electron chi connectivity index (χ2n) is 4.45. The van der Waals surface area contributed by atoms with Gasteiger partial charge in [-0.2, -0.15) is 0 Å². The predicted molar refractivity (Wildman–Crippen MR) is 69.0 cm³/mol. The molecule has 0 saturated carbocycles. The van der Waals surface area contributed by atoms with Crippen LogP contribution in [0.4, 0.5) is 0 Å². The smallest absolute Gasteiger partial charge is 0.0408 e. The molecule has 0 atom stereocenters. The van der Waals surface area contributed by atoms with Crippen LogP contribution in [0.3, 0.4) is 0 Å². The number of nitrogens with one attached hydrogen (secondary N) is 1. The number of nitrogens with zero attached hydrogens (tertiary/aromatic N) is 1. The first-order chi connectivity index (χ1) is 7.75. The maximum Gasteiger partial charge on any atom is 0.0408 e. The highest BCUT2D eigenvalue weighted by Gasteiger charge is 2.10. The lowest BCUT2D eigenvalue weighted by molar-refractivity contribution is 0.284. The molecule has 0 spiro atoms. The molecule has 0 aromatic heterocycles. The zero-order valence-corrected chi connectivity index (χ0v) is 10.6. The van der Waals surface area contributed by atoms with Crippen LogP contribution in [0.5, 0.6) is 0 Å². The Balaban J connectivity index is 2.01. The number of hydrogen-bond acceptors (Lipinski definition) is 2. The fourth-order valence-corrected chi connectivity index (χ4v) is 2.36. The van der Waals surface area contributed by atoms with Crippen molar-refractivity contribution in [2.75, 3.05) is 26.2 Å². The largest absolute Gasteiger partial charge is 0.315 e. The summed E-state index contributed by atoms with van der Waals surface area (Å²) in [4.78, 5) is 2.51. The highest BCUT2D eigenvalue weighted by atomic mass is 35.5. The Morgan fingerprint density at radius 1 is 1.31 bits per heavy atom. The van der Waals surface area contributed by atoms with E-state index in [2.05, 4.69) is 23.2 Å². The molecule has 1 N–H and O–H groups in total. The van der Waals surface area contributed by atoms with Crippen molar-refractivity contribution < 1.29 is 0 Å². The number of halogens is 1. The summed E-state index contributed by atoms with van der Waals surface area (Å²) < 4.78 is 0. The monoisotopic (exact) mass is 238 g/mol. The van der Waals surface area contributed by atoms with Gasteiger partial charge in [-0.15, -0.1) is 0 Å². The predicted octanol–water partition coefficient (Wildman–Crippen LogP) is 2.44. The third kappa shape index (κ3) is 3.21. The lowest BCUT2D eigenvalue weighted by Gasteiger charge is -2.20. The quantitative estimate of drug-likeness (QED) is 0.852. The van der Waals surface area contributed by atoms with Gasteiger partial charge in [-0.1, -0.05) is 17.7 Å². The lowest BCUT2D eigenvalue weighted by atomic mass is 10.1. The number of rotatable bonds is 2. The molecule has 1 aromatic rings. The van der Waals surface area contributed by atoms with Crippen LogP contribution in [0.1, 0.15) is 17.5 Å². The Hall–Kier alpha value is -0.570. The topological polar surface area (TPSA) is 15.3 Å². The molecule has 0 amide bonds. The van der Waals surface area contributed by atoms with Crippen LogP contribution in [-0.2, 0) is 6.54 Å². The van der Waals surface area contributed by atoms with E-state index in [1.807, 2.05) is 12.1 Å². The Kier molecular flexibility index (Phi) is 4.22. The zero-order valence-electron chi connectivity index (χ0n) is 9.80. The summed E-state index contributed by atoms with van der Waals surface area (Å²) in [5.74, 6) is 0. The minimum Gasteiger partial charge on any atom is -0.315 e. The second kappa shape index (κ2) is 5.67. The number of hydrogen-bond donors (Lipinski definition) is 1. The molecular weight excluding hydrogens is 220 g/mol. The first kappa shape index (κ1) is 11.9. The second-order valence-corrected chi connectivity index (χ2v) is 4.89. The van der Waals surface area contributed by atoms with E-state index in [1.54, 1.807) is 0 Å². The molecule has 1 fully saturated rings. The van der Waals surface area contributed by atoms with Crippen LogP contribution >= 0.6 is 11.6 Å². The van der Waals surface area contributed by atoms with Crippen LogP contribution in [0.2, 0.25) is 5.02 Å². The molecule has 16 heavy (non-hydrogen) atoms. The average molecular weight is 239 g/mol. The fourth-order valence-electron chi connectivity index (χ4n) is 2.14. The summed E-state index contributed by atoms with van der Waals surface area (Å²) >= 11 is 5.96. The van der Waals surface area contributed by atoms with Crippen LogP contribution in [0.25, 0.3) is 0 Å². The van der Waals surface area contributed by atoms with Gasteiger partial charge in [0, 0.05) is 24.7 Å². The Morgan fingerprint density at radius 2 is 2.19 bits per heavy atom. The van der Waals surface area contributed by atoms with Crippen molar-refractivity contribution in [1.29, 1.82) is 0 Å². The van der Waals surface area contributed by atoms with Gasteiger partial charge in [0.25, 0.3) is 0 Å². The van der Waals surface area contributed by atoms with Gasteiger partial charge >= 0.3 is 0 Å². The molecule has 2 nitrogen and oxygen atoms in total. The molecule has 88 valence electrons. The van der Waals surface area contributed by atoms with Gasteiger partial charge in [0.05, 0.1) is 0 Å². The molecular formula is C13H19ClN2. The van der Waals surface area contributed by atoms with Crippen molar-refractivity contribution in [1.82, 2.24) is 10.2 Å². The van der Waals surface area contributed by atoms with E-state index in [4.69, 9.17) is 11.6 Å². The summed E-state index contributed by atoms with van der Waals surface area (Å²) in [7, 11) is 0. The van der Waals surface area contributed by atoms with Gasteiger partial charge in [0.2, 0.25) is 0 Å². The van der Waals surface area contributed by atoms with Gasteiger partial charge in [0.15, 0.2) is 0 Å². The van der Waals surface area contributed by atoms with E-state index in [1.165, 1.54) is 24.1 Å². The molecule has 1 aromatic carbocycles. The maximum atomic E-state index is 5.96. The molecule has 0 radical (unpaired) electrons. The normalized spacial score (nSPS) is 18.4. The summed E-state index contributed by atoms with van der Waals surface area (Å²) in [5, 5.41) is 4.26. The number of benzene rings is 1. The average Bonchev–Trinajstić information content (AvgIpc) is 2.51. The first-order valence-electron chi connectivity index (χ1n) is 5.94. The summed E-state index contributed by atoms with van der Waals surface area (Å²) in [6.45, 7) is 7.77. The molecule has 0 aliphatic carbocycles. The van der Waals surface area contributed by atoms with E-state index in [9.17, 15) is 0 Å². The van der Waals surface area contributed by atoms with Crippen LogP contribution < -0.4 is 5.32 Å². The van der Waals surface area contributed by atoms with Crippen LogP contribution in [-0.4, -0.2) is 31.1 Å². The Bertz CT molecular complexity index is 344. The summed E-state index contributed by atoms with van der Waals surface area (Å²) in [6.07, 6.45) is 1.24. The zero-order chi connectivity index (χ0) is 11.4. The third-order valence-electron chi connectivity index (χ3n) is 3.13. The van der Waals surface area contributed by atoms with Gasteiger partial charge < -0.3 is 5.32 Å². The van der Waals surface area contributed by atoms with Crippen molar-refractivity contribution in [3.8, 4) is 0 Å². The highest BCUT2D eigenvalue weighted by Crippen LogP contribution is 2.17. The van der Waals surface area contributed by atoms with Crippen molar-refractivity contribution in [2.24, 2.45) is 0 Å². The van der Waals surface area contributed by atoms with Crippen molar-refractivity contribution in [2.45, 2.75) is 19.9 Å². The standard InChI is InChI=1S/C13H19ClN2/c1-11-9-13(14)4-3-12(11)10-16-7-2-5-15-6-8-16/h3-4,9,15H,2,5-8,10H2,1H3. The minimum atomic E-state index is 0.832. The Labute approximate surface area is 103 Å². The fraction of sp³-hybridized carbons (Fsp3) is 0.538. The first-order valence-corrected chi connectivity index (χ1v) is 6.31. The summed E-state index contributed by atoms with van der Waals surface area (Å²) in [6, 6.07) is 6.18. The van der Waals surface area contributed by atoms with Crippen LogP contribution in [0.15, 0.2) is 18.2 Å². The number of aryl methyl sites for hydroxylation is 1. The SMILES string of the molecule is Cc1cc(Cl)ccc1CN1CCCNCC1. The van der Waals surface area contributed by atoms with Gasteiger partial charge in [-0.05, 0) is 49.7 Å². The van der Waals surface area contributed by atoms with Crippen molar-refractivity contribution in [3.05, 3.63) is 34.3 Å². The molecule has 0 unspecified atom stereocenters. The van der Waals surface area contributed by atoms with Gasteiger partial charge in [-0.25, -0.2) is 0 Å². The van der Waals surface area contributed by atoms with E-state index in [-0.39, 0.29) is 0 Å². The molecule has 3 heteroatoms. The molecule has 1 heterocycles. The molecule has 1 aliphatic heterocycles. The van der Waals surface area contributed by atoms with Crippen LogP contribution in [0, 0.1) is 6.92 Å². The van der Waals surface area contributed by atoms with E-state index >= 15 is 0 Å². The van der Waals surface area contributed by atoms with E-state index < -0.39 is 0 Å². The summed E-state index contributed by atoms with van der Waals surface area (Å²) in [5.41, 5.74) is 2.69. The molecule has 1 saturated heterocycles. The van der Waals surface area contributed by atoms with E-state index in [0.29, 0.717) is 0 Å². The third-order valence-corrected chi connectivity index (χ3v) is 3.37. The Morgan fingerprint density at radius 3 is 3.00 bits per heavy atom. The lowest BCUT2D eigenvalue weighted by Crippen LogP contribution is -2.27. The molecule has 1 aliphatic rings. The van der Waals surface area contributed by atoms with Crippen molar-refractivity contribution in [3.63, 3.8) is 0 Å².